The maximum atomic E-state index is 13.3. The first-order chi connectivity index (χ1) is 13.8. The lowest BCUT2D eigenvalue weighted by molar-refractivity contribution is 0.0950. The highest BCUT2D eigenvalue weighted by Crippen LogP contribution is 2.31. The van der Waals surface area contributed by atoms with Gasteiger partial charge in [-0.25, -0.2) is 8.42 Å². The van der Waals surface area contributed by atoms with Gasteiger partial charge in [0.25, 0.3) is 5.91 Å². The van der Waals surface area contributed by atoms with Crippen molar-refractivity contribution in [2.75, 3.05) is 13.7 Å². The van der Waals surface area contributed by atoms with Crippen molar-refractivity contribution in [2.24, 2.45) is 0 Å². The van der Waals surface area contributed by atoms with Gasteiger partial charge in [-0.15, -0.1) is 0 Å². The van der Waals surface area contributed by atoms with E-state index in [2.05, 4.69) is 5.32 Å². The van der Waals surface area contributed by atoms with E-state index < -0.39 is 10.0 Å². The number of ether oxygens (including phenoxy) is 1. The number of sulfonamides is 1. The van der Waals surface area contributed by atoms with Crippen molar-refractivity contribution >= 4 is 15.9 Å². The minimum atomic E-state index is -3.76. The van der Waals surface area contributed by atoms with Crippen LogP contribution in [0, 0.1) is 6.92 Å². The first-order valence-electron chi connectivity index (χ1n) is 9.87. The molecule has 0 bridgehead atoms. The van der Waals surface area contributed by atoms with Crippen molar-refractivity contribution in [3.63, 3.8) is 0 Å². The van der Waals surface area contributed by atoms with Gasteiger partial charge in [0, 0.05) is 24.7 Å². The van der Waals surface area contributed by atoms with Gasteiger partial charge in [-0.1, -0.05) is 30.7 Å². The fourth-order valence-corrected chi connectivity index (χ4v) is 5.54. The molecule has 0 aliphatic carbocycles. The van der Waals surface area contributed by atoms with Gasteiger partial charge >= 0.3 is 0 Å². The molecule has 1 atom stereocenters. The van der Waals surface area contributed by atoms with Crippen LogP contribution in [-0.2, 0) is 16.6 Å². The number of carbonyl (C=O) groups excluding carboxylic acids is 1. The number of rotatable bonds is 6. The van der Waals surface area contributed by atoms with Crippen molar-refractivity contribution < 1.29 is 17.9 Å². The zero-order valence-corrected chi connectivity index (χ0v) is 18.0. The number of benzene rings is 2. The predicted molar refractivity (Wildman–Crippen MR) is 113 cm³/mol. The van der Waals surface area contributed by atoms with Crippen LogP contribution in [0.1, 0.15) is 47.7 Å². The number of nitrogens with one attached hydrogen (secondary N) is 1. The van der Waals surface area contributed by atoms with Crippen LogP contribution in [0.25, 0.3) is 0 Å². The zero-order valence-electron chi connectivity index (χ0n) is 17.1. The minimum absolute atomic E-state index is 0.0392. The average Bonchev–Trinajstić information content (AvgIpc) is 2.72. The molecule has 1 unspecified atom stereocenters. The van der Waals surface area contributed by atoms with Crippen LogP contribution in [0.3, 0.4) is 0 Å². The van der Waals surface area contributed by atoms with E-state index in [1.54, 1.807) is 12.1 Å². The van der Waals surface area contributed by atoms with Gasteiger partial charge in [0.15, 0.2) is 0 Å². The third-order valence-electron chi connectivity index (χ3n) is 5.46. The molecule has 1 aliphatic heterocycles. The Morgan fingerprint density at radius 3 is 2.66 bits per heavy atom. The van der Waals surface area contributed by atoms with Crippen LogP contribution < -0.4 is 10.1 Å². The fourth-order valence-electron chi connectivity index (χ4n) is 3.66. The quantitative estimate of drug-likeness (QED) is 0.782. The molecule has 6 nitrogen and oxygen atoms in total. The summed E-state index contributed by atoms with van der Waals surface area (Å²) in [6, 6.07) is 12.3. The molecule has 0 radical (unpaired) electrons. The lowest BCUT2D eigenvalue weighted by atomic mass is 10.1. The van der Waals surface area contributed by atoms with Crippen molar-refractivity contribution in [3.8, 4) is 5.75 Å². The topological polar surface area (TPSA) is 75.7 Å². The summed E-state index contributed by atoms with van der Waals surface area (Å²) < 4.78 is 33.4. The molecule has 0 spiro atoms. The van der Waals surface area contributed by atoms with Crippen LogP contribution in [0.4, 0.5) is 0 Å². The monoisotopic (exact) mass is 416 g/mol. The second-order valence-corrected chi connectivity index (χ2v) is 9.29. The Balaban J connectivity index is 1.86. The van der Waals surface area contributed by atoms with Crippen LogP contribution in [-0.4, -0.2) is 38.3 Å². The molecule has 1 heterocycles. The van der Waals surface area contributed by atoms with E-state index in [4.69, 9.17) is 4.74 Å². The van der Waals surface area contributed by atoms with E-state index >= 15 is 0 Å². The molecular weight excluding hydrogens is 388 g/mol. The van der Waals surface area contributed by atoms with Gasteiger partial charge in [0.2, 0.25) is 10.0 Å². The summed E-state index contributed by atoms with van der Waals surface area (Å²) >= 11 is 0. The highest BCUT2D eigenvalue weighted by Gasteiger charge is 2.33. The van der Waals surface area contributed by atoms with E-state index in [0.29, 0.717) is 18.7 Å². The molecular formula is C22H28N2O4S. The molecule has 156 valence electrons. The smallest absolute Gasteiger partial charge is 0.251 e. The number of carbonyl (C=O) groups is 1. The molecule has 7 heteroatoms. The first-order valence-corrected chi connectivity index (χ1v) is 11.3. The van der Waals surface area contributed by atoms with Crippen molar-refractivity contribution in [3.05, 3.63) is 59.2 Å². The molecule has 3 rings (SSSR count). The lowest BCUT2D eigenvalue weighted by Gasteiger charge is -2.32. The van der Waals surface area contributed by atoms with E-state index in [-0.39, 0.29) is 22.6 Å². The third kappa shape index (κ3) is 4.62. The summed E-state index contributed by atoms with van der Waals surface area (Å²) in [5.74, 6) is -0.0720. The highest BCUT2D eigenvalue weighted by atomic mass is 32.2. The molecule has 29 heavy (non-hydrogen) atoms. The third-order valence-corrected chi connectivity index (χ3v) is 7.49. The maximum Gasteiger partial charge on any atom is 0.251 e. The van der Waals surface area contributed by atoms with Gasteiger partial charge in [-0.3, -0.25) is 4.79 Å². The second-order valence-electron chi connectivity index (χ2n) is 7.44. The molecule has 1 N–H and O–H groups in total. The Labute approximate surface area is 172 Å². The van der Waals surface area contributed by atoms with Gasteiger partial charge in [0.1, 0.15) is 10.6 Å². The number of hydrogen-bond acceptors (Lipinski definition) is 4. The van der Waals surface area contributed by atoms with Crippen LogP contribution in [0.15, 0.2) is 47.4 Å². The maximum absolute atomic E-state index is 13.3. The summed E-state index contributed by atoms with van der Waals surface area (Å²) in [4.78, 5) is 12.7. The molecule has 1 fully saturated rings. The van der Waals surface area contributed by atoms with Crippen molar-refractivity contribution in [1.29, 1.82) is 0 Å². The number of aryl methyl sites for hydroxylation is 1. The van der Waals surface area contributed by atoms with Crippen LogP contribution >= 0.6 is 0 Å². The number of hydrogen-bond donors (Lipinski definition) is 1. The van der Waals surface area contributed by atoms with Gasteiger partial charge in [-0.2, -0.15) is 4.31 Å². The fraction of sp³-hybridized carbons (Fsp3) is 0.409. The molecule has 0 saturated carbocycles. The summed E-state index contributed by atoms with van der Waals surface area (Å²) in [5.41, 5.74) is 2.40. The van der Waals surface area contributed by atoms with E-state index in [1.807, 2.05) is 38.1 Å². The van der Waals surface area contributed by atoms with E-state index in [1.165, 1.54) is 17.5 Å². The largest absolute Gasteiger partial charge is 0.495 e. The normalized spacial score (nSPS) is 17.7. The lowest BCUT2D eigenvalue weighted by Crippen LogP contribution is -2.42. The highest BCUT2D eigenvalue weighted by molar-refractivity contribution is 7.89. The first kappa shape index (κ1) is 21.3. The minimum Gasteiger partial charge on any atom is -0.495 e. The number of amides is 1. The van der Waals surface area contributed by atoms with Crippen molar-refractivity contribution in [2.45, 2.75) is 50.6 Å². The molecule has 2 aromatic carbocycles. The van der Waals surface area contributed by atoms with E-state index in [9.17, 15) is 13.2 Å². The summed E-state index contributed by atoms with van der Waals surface area (Å²) in [6.07, 6.45) is 2.69. The Hall–Kier alpha value is -2.38. The van der Waals surface area contributed by atoms with Gasteiger partial charge < -0.3 is 10.1 Å². The molecule has 1 amide bonds. The van der Waals surface area contributed by atoms with Crippen LogP contribution in [0.2, 0.25) is 0 Å². The molecule has 0 aromatic heterocycles. The zero-order chi connectivity index (χ0) is 21.0. The molecule has 1 aliphatic rings. The van der Waals surface area contributed by atoms with Crippen LogP contribution in [0.5, 0.6) is 5.75 Å². The Bertz CT molecular complexity index is 988. The van der Waals surface area contributed by atoms with Gasteiger partial charge in [0.05, 0.1) is 7.11 Å². The Morgan fingerprint density at radius 2 is 1.97 bits per heavy atom. The second kappa shape index (κ2) is 8.97. The number of nitrogens with zero attached hydrogens (tertiary/aromatic N) is 1. The predicted octanol–water partition coefficient (Wildman–Crippen LogP) is 3.50. The standard InChI is InChI=1S/C22H28N2O4S/c1-16-8-4-5-10-19(16)15-23-22(25)18-11-12-20(28-3)21(14-18)29(26,27)24-13-7-6-9-17(24)2/h4-5,8,10-12,14,17H,6-7,9,13,15H2,1-3H3,(H,23,25). The van der Waals surface area contributed by atoms with Crippen molar-refractivity contribution in [1.82, 2.24) is 9.62 Å². The summed E-state index contributed by atoms with van der Waals surface area (Å²) in [6.45, 7) is 4.76. The number of methoxy groups -OCH3 is 1. The summed E-state index contributed by atoms with van der Waals surface area (Å²) in [5, 5.41) is 2.87. The molecule has 2 aromatic rings. The van der Waals surface area contributed by atoms with E-state index in [0.717, 1.165) is 30.4 Å². The average molecular weight is 417 g/mol. The van der Waals surface area contributed by atoms with Gasteiger partial charge in [-0.05, 0) is 56.0 Å². The summed E-state index contributed by atoms with van der Waals surface area (Å²) in [7, 11) is -2.32. The number of piperidine rings is 1. The Kier molecular flexibility index (Phi) is 6.59. The Morgan fingerprint density at radius 1 is 1.21 bits per heavy atom. The SMILES string of the molecule is COc1ccc(C(=O)NCc2ccccc2C)cc1S(=O)(=O)N1CCCCC1C. The molecule has 1 saturated heterocycles.